The summed E-state index contributed by atoms with van der Waals surface area (Å²) >= 11 is 6.49. The van der Waals surface area contributed by atoms with Gasteiger partial charge in [0.15, 0.2) is 17.2 Å². The van der Waals surface area contributed by atoms with Gasteiger partial charge in [-0.2, -0.15) is 10.3 Å². The van der Waals surface area contributed by atoms with Crippen molar-refractivity contribution < 1.29 is 4.79 Å². The van der Waals surface area contributed by atoms with Crippen molar-refractivity contribution in [1.82, 2.24) is 41.0 Å². The molecule has 1 amide bonds. The molecule has 3 aromatic rings. The zero-order chi connectivity index (χ0) is 22.2. The molecule has 0 aliphatic carbocycles. The molecule has 1 saturated heterocycles. The molecule has 10 nitrogen and oxygen atoms in total. The topological polar surface area (TPSA) is 125 Å². The lowest BCUT2D eigenvalue weighted by atomic mass is 10.0. The molecule has 0 radical (unpaired) electrons. The summed E-state index contributed by atoms with van der Waals surface area (Å²) in [5.74, 6) is 1.14. The molecule has 0 saturated carbocycles. The van der Waals surface area contributed by atoms with E-state index in [4.69, 9.17) is 16.6 Å². The van der Waals surface area contributed by atoms with Crippen LogP contribution in [-0.4, -0.2) is 60.9 Å². The second-order valence-electron chi connectivity index (χ2n) is 8.73. The second kappa shape index (κ2) is 8.35. The summed E-state index contributed by atoms with van der Waals surface area (Å²) in [7, 11) is 0. The normalized spacial score (nSPS) is 17.8. The first-order valence-corrected chi connectivity index (χ1v) is 10.6. The predicted octanol–water partition coefficient (Wildman–Crippen LogP) is 1.99. The zero-order valence-corrected chi connectivity index (χ0v) is 18.7. The SMILES string of the molecule is CC(=O)NC1CCN(c2nc(C(NC(C)(C)C)c3ncccc3Cl)nc3n[nH]nc23)C1. The first-order valence-electron chi connectivity index (χ1n) is 10.2. The number of hydrogen-bond acceptors (Lipinski definition) is 8. The van der Waals surface area contributed by atoms with Gasteiger partial charge in [-0.25, -0.2) is 9.97 Å². The Morgan fingerprint density at radius 2 is 2.13 bits per heavy atom. The lowest BCUT2D eigenvalue weighted by Gasteiger charge is -2.28. The summed E-state index contributed by atoms with van der Waals surface area (Å²) in [5, 5.41) is 18.2. The van der Waals surface area contributed by atoms with E-state index in [1.165, 1.54) is 6.92 Å². The Kier molecular flexibility index (Phi) is 5.76. The molecule has 1 fully saturated rings. The Balaban J connectivity index is 1.77. The molecule has 2 unspecified atom stereocenters. The summed E-state index contributed by atoms with van der Waals surface area (Å²) < 4.78 is 0. The van der Waals surface area contributed by atoms with E-state index in [-0.39, 0.29) is 17.5 Å². The fourth-order valence-electron chi connectivity index (χ4n) is 3.75. The largest absolute Gasteiger partial charge is 0.352 e. The molecule has 1 aliphatic rings. The van der Waals surface area contributed by atoms with Crippen molar-refractivity contribution in [3.8, 4) is 0 Å². The van der Waals surface area contributed by atoms with E-state index in [2.05, 4.69) is 61.7 Å². The van der Waals surface area contributed by atoms with Crippen LogP contribution in [0.25, 0.3) is 11.2 Å². The quantitative estimate of drug-likeness (QED) is 0.546. The van der Waals surface area contributed by atoms with Crippen LogP contribution in [0.1, 0.15) is 51.7 Å². The summed E-state index contributed by atoms with van der Waals surface area (Å²) in [6, 6.07) is 3.21. The van der Waals surface area contributed by atoms with Gasteiger partial charge in [0, 0.05) is 37.8 Å². The average molecular weight is 444 g/mol. The highest BCUT2D eigenvalue weighted by molar-refractivity contribution is 6.31. The van der Waals surface area contributed by atoms with Crippen LogP contribution in [0.4, 0.5) is 5.82 Å². The number of aromatic amines is 1. The number of H-pyrrole nitrogens is 1. The number of amides is 1. The molecular weight excluding hydrogens is 418 g/mol. The van der Waals surface area contributed by atoms with Crippen molar-refractivity contribution >= 4 is 34.5 Å². The first kappa shape index (κ1) is 21.4. The number of nitrogens with zero attached hydrogens (tertiary/aromatic N) is 6. The lowest BCUT2D eigenvalue weighted by molar-refractivity contribution is -0.119. The van der Waals surface area contributed by atoms with Gasteiger partial charge in [-0.15, -0.1) is 5.10 Å². The number of carbonyl (C=O) groups is 1. The fourth-order valence-corrected chi connectivity index (χ4v) is 3.98. The van der Waals surface area contributed by atoms with Gasteiger partial charge in [0.2, 0.25) is 11.6 Å². The minimum atomic E-state index is -0.442. The molecule has 0 bridgehead atoms. The van der Waals surface area contributed by atoms with Crippen molar-refractivity contribution in [3.63, 3.8) is 0 Å². The van der Waals surface area contributed by atoms with Gasteiger partial charge >= 0.3 is 0 Å². The highest BCUT2D eigenvalue weighted by atomic mass is 35.5. The highest BCUT2D eigenvalue weighted by Gasteiger charge is 2.31. The Morgan fingerprint density at radius 1 is 1.32 bits per heavy atom. The number of pyridine rings is 1. The van der Waals surface area contributed by atoms with Gasteiger partial charge in [-0.1, -0.05) is 11.6 Å². The van der Waals surface area contributed by atoms with Crippen molar-refractivity contribution in [3.05, 3.63) is 34.9 Å². The summed E-state index contributed by atoms with van der Waals surface area (Å²) in [5.41, 5.74) is 1.45. The van der Waals surface area contributed by atoms with Gasteiger partial charge in [-0.05, 0) is 39.3 Å². The maximum atomic E-state index is 11.5. The van der Waals surface area contributed by atoms with Gasteiger partial charge < -0.3 is 10.2 Å². The number of nitrogens with one attached hydrogen (secondary N) is 3. The summed E-state index contributed by atoms with van der Waals surface area (Å²) in [4.78, 5) is 27.6. The molecule has 0 aromatic carbocycles. The van der Waals surface area contributed by atoms with Crippen LogP contribution in [0.5, 0.6) is 0 Å². The number of fused-ring (bicyclic) bond motifs is 1. The molecule has 4 heterocycles. The predicted molar refractivity (Wildman–Crippen MR) is 118 cm³/mol. The minimum Gasteiger partial charge on any atom is -0.352 e. The Hall–Kier alpha value is -2.85. The molecule has 2 atom stereocenters. The third-order valence-electron chi connectivity index (χ3n) is 4.97. The van der Waals surface area contributed by atoms with Crippen molar-refractivity contribution in [2.24, 2.45) is 0 Å². The van der Waals surface area contributed by atoms with Crippen LogP contribution in [0, 0.1) is 0 Å². The lowest BCUT2D eigenvalue weighted by Crippen LogP contribution is -2.40. The molecular formula is C20H26ClN9O. The monoisotopic (exact) mass is 443 g/mol. The number of halogens is 1. The van der Waals surface area contributed by atoms with Crippen LogP contribution in [0.3, 0.4) is 0 Å². The van der Waals surface area contributed by atoms with E-state index in [9.17, 15) is 4.79 Å². The van der Waals surface area contributed by atoms with Crippen LogP contribution in [0.15, 0.2) is 18.3 Å². The van der Waals surface area contributed by atoms with E-state index in [1.54, 1.807) is 18.3 Å². The maximum absolute atomic E-state index is 11.5. The van der Waals surface area contributed by atoms with Crippen LogP contribution >= 0.6 is 11.6 Å². The highest BCUT2D eigenvalue weighted by Crippen LogP contribution is 2.31. The smallest absolute Gasteiger partial charge is 0.217 e. The molecule has 31 heavy (non-hydrogen) atoms. The van der Waals surface area contributed by atoms with Gasteiger partial charge in [0.1, 0.15) is 6.04 Å². The molecule has 164 valence electrons. The van der Waals surface area contributed by atoms with E-state index < -0.39 is 6.04 Å². The molecule has 3 aromatic heterocycles. The minimum absolute atomic E-state index is 0.0407. The van der Waals surface area contributed by atoms with Gasteiger partial charge in [-0.3, -0.25) is 15.1 Å². The van der Waals surface area contributed by atoms with Crippen LogP contribution < -0.4 is 15.5 Å². The molecule has 3 N–H and O–H groups in total. The average Bonchev–Trinajstić information content (AvgIpc) is 3.34. The molecule has 0 spiro atoms. The maximum Gasteiger partial charge on any atom is 0.217 e. The fraction of sp³-hybridized carbons (Fsp3) is 0.500. The van der Waals surface area contributed by atoms with Gasteiger partial charge in [0.05, 0.1) is 10.7 Å². The van der Waals surface area contributed by atoms with Crippen molar-refractivity contribution in [1.29, 1.82) is 0 Å². The van der Waals surface area contributed by atoms with Crippen LogP contribution in [0.2, 0.25) is 5.02 Å². The molecule has 11 heteroatoms. The van der Waals surface area contributed by atoms with Crippen molar-refractivity contribution in [2.75, 3.05) is 18.0 Å². The zero-order valence-electron chi connectivity index (χ0n) is 18.0. The third-order valence-corrected chi connectivity index (χ3v) is 5.29. The van der Waals surface area contributed by atoms with Crippen molar-refractivity contribution in [2.45, 2.75) is 51.7 Å². The second-order valence-corrected chi connectivity index (χ2v) is 9.14. The third kappa shape index (κ3) is 4.75. The van der Waals surface area contributed by atoms with E-state index in [1.807, 2.05) is 0 Å². The number of aromatic nitrogens is 6. The first-order chi connectivity index (χ1) is 14.7. The van der Waals surface area contributed by atoms with Gasteiger partial charge in [0.25, 0.3) is 0 Å². The summed E-state index contributed by atoms with van der Waals surface area (Å²) in [6.07, 6.45) is 2.53. The molecule has 1 aliphatic heterocycles. The van der Waals surface area contributed by atoms with E-state index in [0.717, 1.165) is 13.0 Å². The number of anilines is 1. The summed E-state index contributed by atoms with van der Waals surface area (Å²) in [6.45, 7) is 9.09. The Bertz CT molecular complexity index is 1090. The number of rotatable bonds is 5. The number of hydrogen-bond donors (Lipinski definition) is 3. The van der Waals surface area contributed by atoms with Crippen LogP contribution in [-0.2, 0) is 4.79 Å². The standard InChI is InChI=1S/C20H26ClN9O/c1-11(31)23-12-7-9-30(10-12)19-16-18(28-29-27-16)24-17(25-19)15(26-20(2,3)4)14-13(21)6-5-8-22-14/h5-6,8,12,15,26H,7,9-10H2,1-4H3,(H,23,31)(H,24,25,27,28,29). The van der Waals surface area contributed by atoms with E-state index in [0.29, 0.717) is 40.1 Å². The number of carbonyl (C=O) groups excluding carboxylic acids is 1. The molecule has 4 rings (SSSR count). The Morgan fingerprint density at radius 3 is 2.84 bits per heavy atom. The van der Waals surface area contributed by atoms with E-state index >= 15 is 0 Å². The Labute approximate surface area is 185 Å².